The van der Waals surface area contributed by atoms with Crippen LogP contribution in [0.3, 0.4) is 0 Å². The highest BCUT2D eigenvalue weighted by Gasteiger charge is 2.02. The van der Waals surface area contributed by atoms with Gasteiger partial charge in [-0.15, -0.1) is 0 Å². The largest absolute Gasteiger partial charge is 0.399 e. The highest BCUT2D eigenvalue weighted by atomic mass is 35.5. The van der Waals surface area contributed by atoms with Crippen LogP contribution in [0.4, 0.5) is 11.5 Å². The van der Waals surface area contributed by atoms with E-state index in [-0.39, 0.29) is 0 Å². The summed E-state index contributed by atoms with van der Waals surface area (Å²) in [7, 11) is 0. The van der Waals surface area contributed by atoms with Gasteiger partial charge in [0.25, 0.3) is 0 Å². The number of aromatic nitrogens is 1. The first-order valence-corrected chi connectivity index (χ1v) is 6.55. The van der Waals surface area contributed by atoms with Gasteiger partial charge < -0.3 is 11.1 Å². The van der Waals surface area contributed by atoms with E-state index in [1.54, 1.807) is 12.1 Å². The summed E-state index contributed by atoms with van der Waals surface area (Å²) >= 11 is 7.63. The van der Waals surface area contributed by atoms with E-state index in [0.717, 1.165) is 18.1 Å². The number of halogens is 1. The fourth-order valence-electron chi connectivity index (χ4n) is 1.23. The van der Waals surface area contributed by atoms with E-state index in [0.29, 0.717) is 16.8 Å². The molecule has 3 nitrogen and oxygen atoms in total. The standard InChI is InChI=1S/C10H16ClN3S/c1-7(6-15-2)5-13-10-4-8(12)3-9(11)14-10/h3-4,7H,5-6H2,1-2H3,(H3,12,13,14). The van der Waals surface area contributed by atoms with Crippen LogP contribution in [-0.2, 0) is 0 Å². The molecular weight excluding hydrogens is 230 g/mol. The molecule has 0 aliphatic rings. The fourth-order valence-corrected chi connectivity index (χ4v) is 2.13. The first-order valence-electron chi connectivity index (χ1n) is 4.77. The first-order chi connectivity index (χ1) is 7.11. The van der Waals surface area contributed by atoms with E-state index >= 15 is 0 Å². The number of nitrogen functional groups attached to an aromatic ring is 1. The molecule has 0 fully saturated rings. The van der Waals surface area contributed by atoms with E-state index < -0.39 is 0 Å². The Morgan fingerprint density at radius 2 is 2.33 bits per heavy atom. The molecule has 1 aromatic heterocycles. The van der Waals surface area contributed by atoms with Crippen molar-refractivity contribution in [1.82, 2.24) is 4.98 Å². The van der Waals surface area contributed by atoms with Crippen LogP contribution >= 0.6 is 23.4 Å². The summed E-state index contributed by atoms with van der Waals surface area (Å²) in [4.78, 5) is 4.13. The summed E-state index contributed by atoms with van der Waals surface area (Å²) in [6.07, 6.45) is 2.10. The van der Waals surface area contributed by atoms with Crippen LogP contribution in [-0.4, -0.2) is 23.5 Å². The quantitative estimate of drug-likeness (QED) is 0.784. The molecule has 1 atom stereocenters. The summed E-state index contributed by atoms with van der Waals surface area (Å²) in [5.41, 5.74) is 6.29. The summed E-state index contributed by atoms with van der Waals surface area (Å²) in [5, 5.41) is 3.65. The van der Waals surface area contributed by atoms with Crippen molar-refractivity contribution in [3.8, 4) is 0 Å². The van der Waals surface area contributed by atoms with Crippen LogP contribution < -0.4 is 11.1 Å². The van der Waals surface area contributed by atoms with Gasteiger partial charge in [-0.25, -0.2) is 4.98 Å². The second-order valence-electron chi connectivity index (χ2n) is 3.55. The van der Waals surface area contributed by atoms with Crippen LogP contribution in [0, 0.1) is 5.92 Å². The molecule has 1 rings (SSSR count). The minimum absolute atomic E-state index is 0.426. The van der Waals surface area contributed by atoms with Gasteiger partial charge in [0.2, 0.25) is 0 Å². The second kappa shape index (κ2) is 6.08. The highest BCUT2D eigenvalue weighted by Crippen LogP contribution is 2.16. The lowest BCUT2D eigenvalue weighted by Crippen LogP contribution is -2.14. The van der Waals surface area contributed by atoms with E-state index in [1.807, 2.05) is 11.8 Å². The third-order valence-corrected chi connectivity index (χ3v) is 3.00. The number of nitrogens with one attached hydrogen (secondary N) is 1. The number of hydrogen-bond acceptors (Lipinski definition) is 4. The topological polar surface area (TPSA) is 50.9 Å². The molecule has 15 heavy (non-hydrogen) atoms. The molecule has 0 amide bonds. The maximum atomic E-state index is 5.79. The minimum atomic E-state index is 0.426. The van der Waals surface area contributed by atoms with Crippen molar-refractivity contribution in [1.29, 1.82) is 0 Å². The fraction of sp³-hybridized carbons (Fsp3) is 0.500. The Labute approximate surface area is 99.8 Å². The van der Waals surface area contributed by atoms with Gasteiger partial charge in [-0.2, -0.15) is 11.8 Å². The molecule has 0 saturated carbocycles. The maximum Gasteiger partial charge on any atom is 0.133 e. The molecule has 84 valence electrons. The van der Waals surface area contributed by atoms with E-state index in [2.05, 4.69) is 23.5 Å². The van der Waals surface area contributed by atoms with Gasteiger partial charge in [0, 0.05) is 18.3 Å². The number of hydrogen-bond donors (Lipinski definition) is 2. The Morgan fingerprint density at radius 1 is 1.60 bits per heavy atom. The lowest BCUT2D eigenvalue weighted by Gasteiger charge is -2.12. The monoisotopic (exact) mass is 245 g/mol. The highest BCUT2D eigenvalue weighted by molar-refractivity contribution is 7.98. The molecule has 0 aliphatic carbocycles. The van der Waals surface area contributed by atoms with Crippen molar-refractivity contribution in [2.75, 3.05) is 29.6 Å². The average molecular weight is 246 g/mol. The normalized spacial score (nSPS) is 12.5. The van der Waals surface area contributed by atoms with Crippen LogP contribution in [0.2, 0.25) is 5.15 Å². The molecule has 1 unspecified atom stereocenters. The van der Waals surface area contributed by atoms with Gasteiger partial charge in [-0.1, -0.05) is 18.5 Å². The van der Waals surface area contributed by atoms with Gasteiger partial charge in [0.05, 0.1) is 0 Å². The second-order valence-corrected chi connectivity index (χ2v) is 4.85. The number of anilines is 2. The number of nitrogens with zero attached hydrogens (tertiary/aromatic N) is 1. The van der Waals surface area contributed by atoms with Gasteiger partial charge in [-0.05, 0) is 24.0 Å². The Bertz CT molecular complexity index is 299. The predicted octanol–water partition coefficient (Wildman–Crippen LogP) is 2.73. The molecule has 0 bridgehead atoms. The molecule has 0 saturated heterocycles. The van der Waals surface area contributed by atoms with E-state index in [1.165, 1.54) is 0 Å². The van der Waals surface area contributed by atoms with Crippen LogP contribution in [0.15, 0.2) is 12.1 Å². The zero-order chi connectivity index (χ0) is 11.3. The maximum absolute atomic E-state index is 5.79. The smallest absolute Gasteiger partial charge is 0.133 e. The zero-order valence-electron chi connectivity index (χ0n) is 8.96. The van der Waals surface area contributed by atoms with Crippen molar-refractivity contribution < 1.29 is 0 Å². The number of pyridine rings is 1. The van der Waals surface area contributed by atoms with Crippen molar-refractivity contribution in [3.05, 3.63) is 17.3 Å². The Balaban J connectivity index is 2.50. The zero-order valence-corrected chi connectivity index (χ0v) is 10.5. The van der Waals surface area contributed by atoms with Gasteiger partial charge >= 0.3 is 0 Å². The number of rotatable bonds is 5. The van der Waals surface area contributed by atoms with Crippen molar-refractivity contribution >= 4 is 34.9 Å². The van der Waals surface area contributed by atoms with Crippen LogP contribution in [0.1, 0.15) is 6.92 Å². The molecule has 0 aliphatic heterocycles. The van der Waals surface area contributed by atoms with Crippen molar-refractivity contribution in [2.45, 2.75) is 6.92 Å². The molecule has 5 heteroatoms. The SMILES string of the molecule is CSCC(C)CNc1cc(N)cc(Cl)n1. The molecule has 1 heterocycles. The molecule has 0 aromatic carbocycles. The van der Waals surface area contributed by atoms with Crippen molar-refractivity contribution in [2.24, 2.45) is 5.92 Å². The molecule has 1 aromatic rings. The Hall–Kier alpha value is -0.610. The van der Waals surface area contributed by atoms with Gasteiger partial charge in [0.1, 0.15) is 11.0 Å². The summed E-state index contributed by atoms with van der Waals surface area (Å²) < 4.78 is 0. The third kappa shape index (κ3) is 4.62. The summed E-state index contributed by atoms with van der Waals surface area (Å²) in [6.45, 7) is 3.07. The lowest BCUT2D eigenvalue weighted by atomic mass is 10.2. The van der Waals surface area contributed by atoms with Crippen molar-refractivity contribution in [3.63, 3.8) is 0 Å². The predicted molar refractivity (Wildman–Crippen MR) is 69.7 cm³/mol. The number of thioether (sulfide) groups is 1. The van der Waals surface area contributed by atoms with Crippen LogP contribution in [0.5, 0.6) is 0 Å². The molecule has 3 N–H and O–H groups in total. The average Bonchev–Trinajstić information content (AvgIpc) is 2.14. The van der Waals surface area contributed by atoms with E-state index in [4.69, 9.17) is 17.3 Å². The summed E-state index contributed by atoms with van der Waals surface area (Å²) in [5.74, 6) is 2.47. The Kier molecular flexibility index (Phi) is 5.05. The van der Waals surface area contributed by atoms with E-state index in [9.17, 15) is 0 Å². The molecule has 0 radical (unpaired) electrons. The Morgan fingerprint density at radius 3 is 2.93 bits per heavy atom. The number of nitrogens with two attached hydrogens (primary N) is 1. The molecular formula is C10H16ClN3S. The van der Waals surface area contributed by atoms with Gasteiger partial charge in [0.15, 0.2) is 0 Å². The summed E-state index contributed by atoms with van der Waals surface area (Å²) in [6, 6.07) is 3.43. The third-order valence-electron chi connectivity index (χ3n) is 1.90. The first kappa shape index (κ1) is 12.5. The van der Waals surface area contributed by atoms with Gasteiger partial charge in [-0.3, -0.25) is 0 Å². The van der Waals surface area contributed by atoms with Crippen LogP contribution in [0.25, 0.3) is 0 Å². The lowest BCUT2D eigenvalue weighted by molar-refractivity contribution is 0.699. The minimum Gasteiger partial charge on any atom is -0.399 e. The molecule has 0 spiro atoms.